The molecule has 0 aliphatic carbocycles. The standard InChI is InChI=1S/C18H20N2O6S/c1-24-14-4-2-3-12(7-14)16-8-13(19-26-16)9-18(21)20-5-6-25-17-11-27(22,23)10-15(17)20/h2-4,7-8,15,17H,5-6,9-11H2,1H3. The number of hydrogen-bond acceptors (Lipinski definition) is 7. The van der Waals surface area contributed by atoms with Gasteiger partial charge in [0.2, 0.25) is 5.91 Å². The van der Waals surface area contributed by atoms with Gasteiger partial charge in [0.1, 0.15) is 5.75 Å². The van der Waals surface area contributed by atoms with E-state index in [1.165, 1.54) is 0 Å². The van der Waals surface area contributed by atoms with E-state index in [2.05, 4.69) is 5.16 Å². The van der Waals surface area contributed by atoms with Gasteiger partial charge in [-0.05, 0) is 12.1 Å². The Balaban J connectivity index is 1.48. The highest BCUT2D eigenvalue weighted by Crippen LogP contribution is 2.27. The second kappa shape index (κ2) is 6.97. The summed E-state index contributed by atoms with van der Waals surface area (Å²) in [6, 6.07) is 8.66. The zero-order valence-corrected chi connectivity index (χ0v) is 15.6. The number of benzene rings is 1. The first-order chi connectivity index (χ1) is 12.9. The smallest absolute Gasteiger partial charge is 0.229 e. The van der Waals surface area contributed by atoms with Gasteiger partial charge in [-0.15, -0.1) is 0 Å². The molecule has 1 amide bonds. The van der Waals surface area contributed by atoms with Crippen LogP contribution in [0.5, 0.6) is 5.75 Å². The number of morpholine rings is 1. The third-order valence-corrected chi connectivity index (χ3v) is 6.59. The van der Waals surface area contributed by atoms with Crippen LogP contribution < -0.4 is 4.74 Å². The minimum Gasteiger partial charge on any atom is -0.497 e. The Morgan fingerprint density at radius 1 is 1.33 bits per heavy atom. The first-order valence-electron chi connectivity index (χ1n) is 8.67. The van der Waals surface area contributed by atoms with Crippen molar-refractivity contribution >= 4 is 15.7 Å². The average molecular weight is 392 g/mol. The van der Waals surface area contributed by atoms with Gasteiger partial charge in [0.15, 0.2) is 15.6 Å². The van der Waals surface area contributed by atoms with Gasteiger partial charge in [-0.2, -0.15) is 0 Å². The van der Waals surface area contributed by atoms with Crippen molar-refractivity contribution in [3.63, 3.8) is 0 Å². The largest absolute Gasteiger partial charge is 0.497 e. The Bertz CT molecular complexity index is 954. The molecule has 1 aromatic heterocycles. The molecule has 3 heterocycles. The van der Waals surface area contributed by atoms with Gasteiger partial charge in [0, 0.05) is 18.2 Å². The van der Waals surface area contributed by atoms with Crippen molar-refractivity contribution < 1.29 is 27.2 Å². The second-order valence-corrected chi connectivity index (χ2v) is 8.89. The lowest BCUT2D eigenvalue weighted by molar-refractivity contribution is -0.142. The highest BCUT2D eigenvalue weighted by Gasteiger charge is 2.45. The van der Waals surface area contributed by atoms with E-state index in [-0.39, 0.29) is 23.8 Å². The van der Waals surface area contributed by atoms with Gasteiger partial charge < -0.3 is 18.9 Å². The van der Waals surface area contributed by atoms with Crippen LogP contribution in [0.2, 0.25) is 0 Å². The molecule has 0 radical (unpaired) electrons. The number of amides is 1. The summed E-state index contributed by atoms with van der Waals surface area (Å²) in [5.74, 6) is 1.00. The number of methoxy groups -OCH3 is 1. The lowest BCUT2D eigenvalue weighted by Crippen LogP contribution is -2.53. The number of carbonyl (C=O) groups excluding carboxylic acids is 1. The molecule has 2 aliphatic rings. The van der Waals surface area contributed by atoms with E-state index >= 15 is 0 Å². The van der Waals surface area contributed by atoms with Crippen LogP contribution in [0.1, 0.15) is 5.69 Å². The Labute approximate surface area is 157 Å². The molecule has 9 heteroatoms. The fourth-order valence-electron chi connectivity index (χ4n) is 3.59. The molecular formula is C18H20N2O6S. The predicted molar refractivity (Wildman–Crippen MR) is 96.1 cm³/mol. The Morgan fingerprint density at radius 3 is 3.00 bits per heavy atom. The minimum absolute atomic E-state index is 0.0224. The van der Waals surface area contributed by atoms with Gasteiger partial charge in [0.25, 0.3) is 0 Å². The third-order valence-electron chi connectivity index (χ3n) is 4.90. The maximum atomic E-state index is 12.7. The van der Waals surface area contributed by atoms with Crippen LogP contribution in [0.3, 0.4) is 0 Å². The van der Waals surface area contributed by atoms with E-state index in [0.29, 0.717) is 30.4 Å². The van der Waals surface area contributed by atoms with Gasteiger partial charge in [-0.3, -0.25) is 4.79 Å². The van der Waals surface area contributed by atoms with Crippen molar-refractivity contribution in [1.29, 1.82) is 0 Å². The van der Waals surface area contributed by atoms with Gasteiger partial charge in [-0.1, -0.05) is 17.3 Å². The highest BCUT2D eigenvalue weighted by atomic mass is 32.2. The van der Waals surface area contributed by atoms with Gasteiger partial charge >= 0.3 is 0 Å². The molecule has 0 saturated carbocycles. The lowest BCUT2D eigenvalue weighted by atomic mass is 10.1. The molecule has 144 valence electrons. The summed E-state index contributed by atoms with van der Waals surface area (Å²) in [5.41, 5.74) is 1.30. The number of hydrogen-bond donors (Lipinski definition) is 0. The highest BCUT2D eigenvalue weighted by molar-refractivity contribution is 7.91. The molecule has 27 heavy (non-hydrogen) atoms. The van der Waals surface area contributed by atoms with E-state index < -0.39 is 22.0 Å². The summed E-state index contributed by atoms with van der Waals surface area (Å²) in [6.07, 6.45) is -0.381. The zero-order valence-electron chi connectivity index (χ0n) is 14.8. The van der Waals surface area contributed by atoms with Crippen molar-refractivity contribution in [2.75, 3.05) is 31.8 Å². The molecule has 0 spiro atoms. The molecule has 2 saturated heterocycles. The number of carbonyl (C=O) groups is 1. The Kier molecular flexibility index (Phi) is 4.65. The van der Waals surface area contributed by atoms with E-state index in [1.807, 2.05) is 24.3 Å². The van der Waals surface area contributed by atoms with E-state index in [9.17, 15) is 13.2 Å². The second-order valence-electron chi connectivity index (χ2n) is 6.73. The average Bonchev–Trinajstić information content (AvgIpc) is 3.23. The van der Waals surface area contributed by atoms with Crippen molar-refractivity contribution in [3.8, 4) is 17.1 Å². The molecule has 2 unspecified atom stereocenters. The molecule has 2 fully saturated rings. The summed E-state index contributed by atoms with van der Waals surface area (Å²) in [6.45, 7) is 0.729. The van der Waals surface area contributed by atoms with E-state index in [0.717, 1.165) is 5.56 Å². The first kappa shape index (κ1) is 18.0. The minimum atomic E-state index is -3.17. The quantitative estimate of drug-likeness (QED) is 0.763. The van der Waals surface area contributed by atoms with Gasteiger partial charge in [-0.25, -0.2) is 8.42 Å². The van der Waals surface area contributed by atoms with Crippen LogP contribution >= 0.6 is 0 Å². The first-order valence-corrected chi connectivity index (χ1v) is 10.5. The molecule has 1 aromatic carbocycles. The molecule has 4 rings (SSSR count). The summed E-state index contributed by atoms with van der Waals surface area (Å²) >= 11 is 0. The predicted octanol–water partition coefficient (Wildman–Crippen LogP) is 0.917. The normalized spacial score (nSPS) is 23.8. The van der Waals surface area contributed by atoms with Crippen LogP contribution in [0.15, 0.2) is 34.9 Å². The fraction of sp³-hybridized carbons (Fsp3) is 0.444. The Hall–Kier alpha value is -2.39. The van der Waals surface area contributed by atoms with Crippen LogP contribution in [-0.4, -0.2) is 68.3 Å². The monoisotopic (exact) mass is 392 g/mol. The maximum Gasteiger partial charge on any atom is 0.229 e. The zero-order chi connectivity index (χ0) is 19.0. The van der Waals surface area contributed by atoms with Crippen molar-refractivity contribution in [2.24, 2.45) is 0 Å². The van der Waals surface area contributed by atoms with E-state index in [1.54, 1.807) is 18.1 Å². The fourth-order valence-corrected chi connectivity index (χ4v) is 5.46. The van der Waals surface area contributed by atoms with Crippen LogP contribution in [0, 0.1) is 0 Å². The summed E-state index contributed by atoms with van der Waals surface area (Å²) in [5, 5.41) is 3.98. The molecule has 2 aliphatic heterocycles. The molecule has 0 bridgehead atoms. The van der Waals surface area contributed by atoms with Gasteiger partial charge in [0.05, 0.1) is 49.5 Å². The number of sulfone groups is 1. The SMILES string of the molecule is COc1cccc(-c2cc(CC(=O)N3CCOC4CS(=O)(=O)CC43)no2)c1. The van der Waals surface area contributed by atoms with Crippen LogP contribution in [-0.2, 0) is 25.8 Å². The topological polar surface area (TPSA) is 98.9 Å². The summed E-state index contributed by atoms with van der Waals surface area (Å²) in [4.78, 5) is 14.4. The molecule has 2 atom stereocenters. The molecule has 2 aromatic rings. The number of aromatic nitrogens is 1. The number of nitrogens with zero attached hydrogens (tertiary/aromatic N) is 2. The number of rotatable bonds is 4. The molecule has 8 nitrogen and oxygen atoms in total. The number of fused-ring (bicyclic) bond motifs is 1. The third kappa shape index (κ3) is 3.70. The van der Waals surface area contributed by atoms with Crippen LogP contribution in [0.4, 0.5) is 0 Å². The Morgan fingerprint density at radius 2 is 2.19 bits per heavy atom. The van der Waals surface area contributed by atoms with Crippen molar-refractivity contribution in [1.82, 2.24) is 10.1 Å². The van der Waals surface area contributed by atoms with Crippen molar-refractivity contribution in [3.05, 3.63) is 36.0 Å². The summed E-state index contributed by atoms with van der Waals surface area (Å²) in [7, 11) is -1.59. The molecule has 0 N–H and O–H groups in total. The van der Waals surface area contributed by atoms with E-state index in [4.69, 9.17) is 14.0 Å². The summed E-state index contributed by atoms with van der Waals surface area (Å²) < 4.78 is 39.9. The lowest BCUT2D eigenvalue weighted by Gasteiger charge is -2.36. The molecular weight excluding hydrogens is 372 g/mol. The van der Waals surface area contributed by atoms with Crippen LogP contribution in [0.25, 0.3) is 11.3 Å². The maximum absolute atomic E-state index is 12.7. The number of ether oxygens (including phenoxy) is 2. The van der Waals surface area contributed by atoms with Crippen molar-refractivity contribution in [2.45, 2.75) is 18.6 Å².